The average molecular weight is 242 g/mol. The fourth-order valence-corrected chi connectivity index (χ4v) is 1.26. The Balaban J connectivity index is 2.59. The summed E-state index contributed by atoms with van der Waals surface area (Å²) in [7, 11) is 0. The highest BCUT2D eigenvalue weighted by Crippen LogP contribution is 2.19. The molecular formula is C10H9BrFN. The average Bonchev–Trinajstić information content (AvgIpc) is 2.12. The lowest BCUT2D eigenvalue weighted by atomic mass is 10.3. The number of nitrogens with one attached hydrogen (secondary N) is 1. The SMILES string of the molecule is C#CCCNc1ccc(F)c(Br)c1. The summed E-state index contributed by atoms with van der Waals surface area (Å²) < 4.78 is 13.2. The number of benzene rings is 1. The van der Waals surface area contributed by atoms with Crippen LogP contribution in [0.15, 0.2) is 22.7 Å². The molecule has 1 aromatic carbocycles. The molecule has 0 heterocycles. The van der Waals surface area contributed by atoms with E-state index in [1.54, 1.807) is 12.1 Å². The van der Waals surface area contributed by atoms with E-state index in [-0.39, 0.29) is 5.82 Å². The molecule has 0 saturated heterocycles. The van der Waals surface area contributed by atoms with Gasteiger partial charge in [-0.3, -0.25) is 0 Å². The first kappa shape index (κ1) is 10.1. The number of anilines is 1. The number of halogens is 2. The lowest BCUT2D eigenvalue weighted by Crippen LogP contribution is -2.00. The second-order valence-electron chi connectivity index (χ2n) is 2.51. The minimum atomic E-state index is -0.262. The summed E-state index contributed by atoms with van der Waals surface area (Å²) in [6.07, 6.45) is 5.75. The maximum Gasteiger partial charge on any atom is 0.137 e. The van der Waals surface area contributed by atoms with Gasteiger partial charge in [-0.05, 0) is 34.1 Å². The maximum atomic E-state index is 12.8. The lowest BCUT2D eigenvalue weighted by Gasteiger charge is -2.04. The van der Waals surface area contributed by atoms with Gasteiger partial charge in [0.15, 0.2) is 0 Å². The first-order valence-electron chi connectivity index (χ1n) is 3.86. The molecule has 0 amide bonds. The molecule has 3 heteroatoms. The monoisotopic (exact) mass is 241 g/mol. The predicted molar refractivity (Wildman–Crippen MR) is 56.0 cm³/mol. The molecule has 0 spiro atoms. The largest absolute Gasteiger partial charge is 0.384 e. The third-order valence-electron chi connectivity index (χ3n) is 1.52. The van der Waals surface area contributed by atoms with E-state index in [4.69, 9.17) is 6.42 Å². The van der Waals surface area contributed by atoms with E-state index in [2.05, 4.69) is 27.2 Å². The molecule has 68 valence electrons. The second kappa shape index (κ2) is 4.88. The van der Waals surface area contributed by atoms with Crippen LogP contribution in [0.1, 0.15) is 6.42 Å². The zero-order valence-electron chi connectivity index (χ0n) is 6.98. The van der Waals surface area contributed by atoms with Crippen molar-refractivity contribution in [2.24, 2.45) is 0 Å². The van der Waals surface area contributed by atoms with E-state index < -0.39 is 0 Å². The van der Waals surface area contributed by atoms with Gasteiger partial charge in [0.1, 0.15) is 5.82 Å². The molecule has 0 aliphatic rings. The van der Waals surface area contributed by atoms with Crippen LogP contribution in [0.3, 0.4) is 0 Å². The van der Waals surface area contributed by atoms with Crippen LogP contribution in [0.4, 0.5) is 10.1 Å². The Kier molecular flexibility index (Phi) is 3.78. The summed E-state index contributed by atoms with van der Waals surface area (Å²) in [6, 6.07) is 4.77. The third-order valence-corrected chi connectivity index (χ3v) is 2.13. The molecule has 0 unspecified atom stereocenters. The Hall–Kier alpha value is -1.01. The Bertz CT molecular complexity index is 330. The highest BCUT2D eigenvalue weighted by molar-refractivity contribution is 9.10. The van der Waals surface area contributed by atoms with Crippen molar-refractivity contribution in [2.45, 2.75) is 6.42 Å². The van der Waals surface area contributed by atoms with Crippen LogP contribution in [-0.4, -0.2) is 6.54 Å². The van der Waals surface area contributed by atoms with Gasteiger partial charge in [-0.2, -0.15) is 0 Å². The van der Waals surface area contributed by atoms with Crippen molar-refractivity contribution >= 4 is 21.6 Å². The summed E-state index contributed by atoms with van der Waals surface area (Å²) in [5, 5.41) is 3.07. The molecule has 1 rings (SSSR count). The van der Waals surface area contributed by atoms with E-state index in [1.165, 1.54) is 6.07 Å². The predicted octanol–water partition coefficient (Wildman–Crippen LogP) is 3.02. The Morgan fingerprint density at radius 2 is 2.31 bits per heavy atom. The topological polar surface area (TPSA) is 12.0 Å². The number of hydrogen-bond acceptors (Lipinski definition) is 1. The summed E-state index contributed by atoms with van der Waals surface area (Å²) in [5.41, 5.74) is 0.864. The molecule has 0 aliphatic heterocycles. The van der Waals surface area contributed by atoms with E-state index in [0.717, 1.165) is 5.69 Å². The number of hydrogen-bond donors (Lipinski definition) is 1. The Labute approximate surface area is 85.5 Å². The van der Waals surface area contributed by atoms with Crippen LogP contribution in [-0.2, 0) is 0 Å². The summed E-state index contributed by atoms with van der Waals surface area (Å²) >= 11 is 3.10. The first-order valence-corrected chi connectivity index (χ1v) is 4.65. The molecule has 13 heavy (non-hydrogen) atoms. The van der Waals surface area contributed by atoms with Gasteiger partial charge in [0.05, 0.1) is 4.47 Å². The fraction of sp³-hybridized carbons (Fsp3) is 0.200. The van der Waals surface area contributed by atoms with Gasteiger partial charge in [-0.25, -0.2) is 4.39 Å². The fourth-order valence-electron chi connectivity index (χ4n) is 0.885. The van der Waals surface area contributed by atoms with E-state index >= 15 is 0 Å². The standard InChI is InChI=1S/C10H9BrFN/c1-2-3-6-13-8-4-5-10(12)9(11)7-8/h1,4-5,7,13H,3,6H2. The van der Waals surface area contributed by atoms with E-state index in [9.17, 15) is 4.39 Å². The molecule has 0 radical (unpaired) electrons. The minimum absolute atomic E-state index is 0.262. The molecule has 1 nitrogen and oxygen atoms in total. The second-order valence-corrected chi connectivity index (χ2v) is 3.36. The molecule has 0 atom stereocenters. The van der Waals surface area contributed by atoms with Crippen molar-refractivity contribution in [3.8, 4) is 12.3 Å². The summed E-state index contributed by atoms with van der Waals surface area (Å²) in [4.78, 5) is 0. The van der Waals surface area contributed by atoms with Crippen molar-refractivity contribution in [2.75, 3.05) is 11.9 Å². The highest BCUT2D eigenvalue weighted by Gasteiger charge is 1.98. The normalized spacial score (nSPS) is 9.31. The van der Waals surface area contributed by atoms with Gasteiger partial charge >= 0.3 is 0 Å². The van der Waals surface area contributed by atoms with Gasteiger partial charge < -0.3 is 5.32 Å². The quantitative estimate of drug-likeness (QED) is 0.634. The third kappa shape index (κ3) is 3.08. The maximum absolute atomic E-state index is 12.8. The van der Waals surface area contributed by atoms with Crippen LogP contribution in [0.5, 0.6) is 0 Å². The summed E-state index contributed by atoms with van der Waals surface area (Å²) in [6.45, 7) is 0.703. The molecule has 0 bridgehead atoms. The zero-order chi connectivity index (χ0) is 9.68. The van der Waals surface area contributed by atoms with Crippen LogP contribution in [0.25, 0.3) is 0 Å². The van der Waals surface area contributed by atoms with Crippen molar-refractivity contribution in [3.63, 3.8) is 0 Å². The van der Waals surface area contributed by atoms with Crippen LogP contribution in [0.2, 0.25) is 0 Å². The molecular weight excluding hydrogens is 233 g/mol. The van der Waals surface area contributed by atoms with Gasteiger partial charge in [-0.15, -0.1) is 12.3 Å². The van der Waals surface area contributed by atoms with Crippen molar-refractivity contribution in [1.82, 2.24) is 0 Å². The lowest BCUT2D eigenvalue weighted by molar-refractivity contribution is 0.621. The minimum Gasteiger partial charge on any atom is -0.384 e. The Morgan fingerprint density at radius 1 is 1.54 bits per heavy atom. The molecule has 0 saturated carbocycles. The molecule has 1 aromatic rings. The van der Waals surface area contributed by atoms with E-state index in [1.807, 2.05) is 0 Å². The van der Waals surface area contributed by atoms with E-state index in [0.29, 0.717) is 17.4 Å². The van der Waals surface area contributed by atoms with Crippen LogP contribution >= 0.6 is 15.9 Å². The highest BCUT2D eigenvalue weighted by atomic mass is 79.9. The number of terminal acetylenes is 1. The van der Waals surface area contributed by atoms with Crippen LogP contribution < -0.4 is 5.32 Å². The zero-order valence-corrected chi connectivity index (χ0v) is 8.57. The van der Waals surface area contributed by atoms with Gasteiger partial charge in [0, 0.05) is 18.7 Å². The van der Waals surface area contributed by atoms with Gasteiger partial charge in [0.25, 0.3) is 0 Å². The summed E-state index contributed by atoms with van der Waals surface area (Å²) in [5.74, 6) is 2.25. The molecule has 1 N–H and O–H groups in total. The molecule has 0 aromatic heterocycles. The Morgan fingerprint density at radius 3 is 2.92 bits per heavy atom. The molecule has 0 fully saturated rings. The van der Waals surface area contributed by atoms with Crippen molar-refractivity contribution < 1.29 is 4.39 Å². The first-order chi connectivity index (χ1) is 6.24. The smallest absolute Gasteiger partial charge is 0.137 e. The van der Waals surface area contributed by atoms with Crippen LogP contribution in [0, 0.1) is 18.2 Å². The molecule has 0 aliphatic carbocycles. The van der Waals surface area contributed by atoms with Crippen molar-refractivity contribution in [1.29, 1.82) is 0 Å². The number of rotatable bonds is 3. The van der Waals surface area contributed by atoms with Crippen molar-refractivity contribution in [3.05, 3.63) is 28.5 Å². The van der Waals surface area contributed by atoms with Gasteiger partial charge in [-0.1, -0.05) is 0 Å². The van der Waals surface area contributed by atoms with Gasteiger partial charge in [0.2, 0.25) is 0 Å².